The number of benzene rings is 1. The smallest absolute Gasteiger partial charge is 0.258 e. The first-order chi connectivity index (χ1) is 13.1. The molecule has 0 radical (unpaired) electrons. The van der Waals surface area contributed by atoms with E-state index in [0.29, 0.717) is 34.3 Å². The van der Waals surface area contributed by atoms with Gasteiger partial charge in [-0.1, -0.05) is 6.07 Å². The summed E-state index contributed by atoms with van der Waals surface area (Å²) in [7, 11) is 3.10. The van der Waals surface area contributed by atoms with Gasteiger partial charge < -0.3 is 14.8 Å². The fourth-order valence-corrected chi connectivity index (χ4v) is 3.24. The maximum atomic E-state index is 12.2. The number of anilines is 1. The van der Waals surface area contributed by atoms with E-state index in [2.05, 4.69) is 10.3 Å². The number of fused-ring (bicyclic) bond motifs is 1. The van der Waals surface area contributed by atoms with Crippen LogP contribution in [0.4, 0.5) is 5.69 Å². The van der Waals surface area contributed by atoms with E-state index < -0.39 is 0 Å². The molecule has 1 amide bonds. The van der Waals surface area contributed by atoms with Crippen LogP contribution in [0.1, 0.15) is 5.69 Å². The molecule has 0 saturated heterocycles. The number of pyridine rings is 1. The second-order valence-corrected chi connectivity index (χ2v) is 6.61. The molecule has 0 aliphatic heterocycles. The molecule has 0 saturated carbocycles. The molecule has 2 aromatic heterocycles. The highest BCUT2D eigenvalue weighted by molar-refractivity contribution is 7.99. The molecule has 0 spiro atoms. The summed E-state index contributed by atoms with van der Waals surface area (Å²) in [6.07, 6.45) is 1.68. The quantitative estimate of drug-likeness (QED) is 0.673. The van der Waals surface area contributed by atoms with E-state index in [4.69, 9.17) is 9.47 Å². The van der Waals surface area contributed by atoms with E-state index in [9.17, 15) is 9.59 Å². The predicted molar refractivity (Wildman–Crippen MR) is 106 cm³/mol. The summed E-state index contributed by atoms with van der Waals surface area (Å²) in [6, 6.07) is 12.1. The van der Waals surface area contributed by atoms with E-state index in [1.54, 1.807) is 43.6 Å². The number of rotatable bonds is 7. The first kappa shape index (κ1) is 18.8. The van der Waals surface area contributed by atoms with E-state index in [0.717, 1.165) is 0 Å². The van der Waals surface area contributed by atoms with Crippen molar-refractivity contribution >= 4 is 29.0 Å². The Balaban J connectivity index is 1.61. The third-order valence-corrected chi connectivity index (χ3v) is 4.75. The number of nitrogens with zero attached hydrogens (tertiary/aromatic N) is 2. The average Bonchev–Trinajstić information content (AvgIpc) is 2.68. The summed E-state index contributed by atoms with van der Waals surface area (Å²) in [5.74, 6) is 1.68. The number of hydrogen-bond donors (Lipinski definition) is 1. The number of hydrogen-bond acceptors (Lipinski definition) is 6. The van der Waals surface area contributed by atoms with Crippen molar-refractivity contribution in [1.29, 1.82) is 0 Å². The fourth-order valence-electron chi connectivity index (χ4n) is 2.52. The maximum absolute atomic E-state index is 12.2. The van der Waals surface area contributed by atoms with E-state index in [1.807, 2.05) is 6.07 Å². The van der Waals surface area contributed by atoms with Crippen LogP contribution >= 0.6 is 11.8 Å². The van der Waals surface area contributed by atoms with E-state index >= 15 is 0 Å². The molecule has 1 N–H and O–H groups in total. The first-order valence-corrected chi connectivity index (χ1v) is 9.33. The van der Waals surface area contributed by atoms with Crippen LogP contribution < -0.4 is 20.3 Å². The maximum Gasteiger partial charge on any atom is 0.258 e. The first-order valence-electron chi connectivity index (χ1n) is 8.17. The SMILES string of the molecule is COc1ccc(OC)c(NC(=O)CSCc2cc(=O)n3ccccc3n2)c1. The number of aromatic nitrogens is 2. The van der Waals surface area contributed by atoms with E-state index in [1.165, 1.54) is 29.3 Å². The Morgan fingerprint density at radius 2 is 2.04 bits per heavy atom. The molecule has 27 heavy (non-hydrogen) atoms. The zero-order valence-corrected chi connectivity index (χ0v) is 15.8. The highest BCUT2D eigenvalue weighted by Gasteiger charge is 2.10. The lowest BCUT2D eigenvalue weighted by Gasteiger charge is -2.11. The molecular weight excluding hydrogens is 366 g/mol. The van der Waals surface area contributed by atoms with Crippen molar-refractivity contribution in [1.82, 2.24) is 9.38 Å². The molecule has 2 heterocycles. The monoisotopic (exact) mass is 385 g/mol. The normalized spacial score (nSPS) is 10.6. The van der Waals surface area contributed by atoms with Crippen molar-refractivity contribution < 1.29 is 14.3 Å². The van der Waals surface area contributed by atoms with Gasteiger partial charge in [-0.3, -0.25) is 14.0 Å². The summed E-state index contributed by atoms with van der Waals surface area (Å²) in [5, 5.41) is 2.81. The minimum Gasteiger partial charge on any atom is -0.497 e. The molecule has 0 atom stereocenters. The van der Waals surface area contributed by atoms with Crippen molar-refractivity contribution in [2.45, 2.75) is 5.75 Å². The molecule has 8 heteroatoms. The molecular formula is C19H19N3O4S. The van der Waals surface area contributed by atoms with Crippen LogP contribution in [-0.4, -0.2) is 35.3 Å². The number of carbonyl (C=O) groups is 1. The second kappa shape index (κ2) is 8.59. The van der Waals surface area contributed by atoms with Crippen LogP contribution in [0.3, 0.4) is 0 Å². The number of carbonyl (C=O) groups excluding carboxylic acids is 1. The van der Waals surface area contributed by atoms with Crippen molar-refractivity contribution in [2.75, 3.05) is 25.3 Å². The van der Waals surface area contributed by atoms with Gasteiger partial charge in [-0.15, -0.1) is 11.8 Å². The van der Waals surface area contributed by atoms with Crippen molar-refractivity contribution in [3.05, 3.63) is 64.7 Å². The van der Waals surface area contributed by atoms with Gasteiger partial charge in [-0.25, -0.2) is 4.98 Å². The van der Waals surface area contributed by atoms with Gasteiger partial charge in [-0.05, 0) is 24.3 Å². The Morgan fingerprint density at radius 3 is 2.81 bits per heavy atom. The van der Waals surface area contributed by atoms with Gasteiger partial charge in [0.2, 0.25) is 5.91 Å². The van der Waals surface area contributed by atoms with Crippen LogP contribution in [-0.2, 0) is 10.5 Å². The van der Waals surface area contributed by atoms with Crippen molar-refractivity contribution in [2.24, 2.45) is 0 Å². The van der Waals surface area contributed by atoms with Crippen molar-refractivity contribution in [3.8, 4) is 11.5 Å². The lowest BCUT2D eigenvalue weighted by atomic mass is 10.2. The lowest BCUT2D eigenvalue weighted by Crippen LogP contribution is -2.16. The number of nitrogens with one attached hydrogen (secondary N) is 1. The van der Waals surface area contributed by atoms with Gasteiger partial charge in [-0.2, -0.15) is 0 Å². The number of thioether (sulfide) groups is 1. The Hall–Kier alpha value is -3.00. The van der Waals surface area contributed by atoms with Gasteiger partial charge >= 0.3 is 0 Å². The van der Waals surface area contributed by atoms with Gasteiger partial charge in [0, 0.05) is 24.1 Å². The van der Waals surface area contributed by atoms with Crippen LogP contribution in [0.15, 0.2) is 53.5 Å². The molecule has 140 valence electrons. The zero-order valence-electron chi connectivity index (χ0n) is 15.0. The van der Waals surface area contributed by atoms with Gasteiger partial charge in [0.15, 0.2) is 0 Å². The Morgan fingerprint density at radius 1 is 1.19 bits per heavy atom. The number of ether oxygens (including phenoxy) is 2. The summed E-state index contributed by atoms with van der Waals surface area (Å²) in [4.78, 5) is 28.8. The summed E-state index contributed by atoms with van der Waals surface area (Å²) < 4.78 is 11.9. The highest BCUT2D eigenvalue weighted by Crippen LogP contribution is 2.29. The third-order valence-electron chi connectivity index (χ3n) is 3.79. The Bertz CT molecular complexity index is 1020. The Labute approximate surface area is 160 Å². The largest absolute Gasteiger partial charge is 0.497 e. The molecule has 0 unspecified atom stereocenters. The standard InChI is InChI=1S/C19H19N3O4S/c1-25-14-6-7-16(26-2)15(10-14)21-18(23)12-27-11-13-9-19(24)22-8-4-3-5-17(22)20-13/h3-10H,11-12H2,1-2H3,(H,21,23). The molecule has 0 aliphatic carbocycles. The molecule has 0 bridgehead atoms. The van der Waals surface area contributed by atoms with E-state index in [-0.39, 0.29) is 17.2 Å². The molecule has 1 aromatic carbocycles. The van der Waals surface area contributed by atoms with Crippen molar-refractivity contribution in [3.63, 3.8) is 0 Å². The Kier molecular flexibility index (Phi) is 5.97. The third kappa shape index (κ3) is 4.59. The van der Waals surface area contributed by atoms with Gasteiger partial charge in [0.05, 0.1) is 31.4 Å². The molecule has 0 fully saturated rings. The molecule has 7 nitrogen and oxygen atoms in total. The van der Waals surface area contributed by atoms with Crippen LogP contribution in [0.25, 0.3) is 5.65 Å². The van der Waals surface area contributed by atoms with Crippen LogP contribution in [0.2, 0.25) is 0 Å². The lowest BCUT2D eigenvalue weighted by molar-refractivity contribution is -0.113. The summed E-state index contributed by atoms with van der Waals surface area (Å²) in [6.45, 7) is 0. The summed E-state index contributed by atoms with van der Waals surface area (Å²) >= 11 is 1.38. The van der Waals surface area contributed by atoms with Gasteiger partial charge in [0.1, 0.15) is 17.1 Å². The minimum absolute atomic E-state index is 0.137. The second-order valence-electron chi connectivity index (χ2n) is 5.62. The van der Waals surface area contributed by atoms with Crippen LogP contribution in [0, 0.1) is 0 Å². The zero-order chi connectivity index (χ0) is 19.2. The minimum atomic E-state index is -0.177. The average molecular weight is 385 g/mol. The summed E-state index contributed by atoms with van der Waals surface area (Å²) in [5.41, 5.74) is 1.64. The molecule has 3 aromatic rings. The highest BCUT2D eigenvalue weighted by atomic mass is 32.2. The molecule has 3 rings (SSSR count). The fraction of sp³-hybridized carbons (Fsp3) is 0.211. The number of methoxy groups -OCH3 is 2. The van der Waals surface area contributed by atoms with Gasteiger partial charge in [0.25, 0.3) is 5.56 Å². The topological polar surface area (TPSA) is 81.9 Å². The predicted octanol–water partition coefficient (Wildman–Crippen LogP) is 2.58. The van der Waals surface area contributed by atoms with Crippen LogP contribution in [0.5, 0.6) is 11.5 Å². The molecule has 0 aliphatic rings. The number of amides is 1.